The number of amides is 1. The van der Waals surface area contributed by atoms with Crippen LogP contribution in [0.25, 0.3) is 6.08 Å². The lowest BCUT2D eigenvalue weighted by atomic mass is 10.00. The van der Waals surface area contributed by atoms with Gasteiger partial charge in [0, 0.05) is 24.1 Å². The van der Waals surface area contributed by atoms with Crippen LogP contribution in [0.4, 0.5) is 0 Å². The second-order valence-electron chi connectivity index (χ2n) is 4.65. The second-order valence-corrected chi connectivity index (χ2v) is 5.63. The SMILES string of the molecule is O=C(/C=C/c1ccco1)NCC[C@@H](CCO)c1cccs1. The zero-order valence-corrected chi connectivity index (χ0v) is 12.5. The van der Waals surface area contributed by atoms with Gasteiger partial charge < -0.3 is 14.8 Å². The van der Waals surface area contributed by atoms with Crippen molar-refractivity contribution in [2.24, 2.45) is 0 Å². The minimum absolute atomic E-state index is 0.139. The van der Waals surface area contributed by atoms with Gasteiger partial charge in [-0.25, -0.2) is 0 Å². The normalized spacial score (nSPS) is 12.6. The van der Waals surface area contributed by atoms with E-state index in [9.17, 15) is 4.79 Å². The summed E-state index contributed by atoms with van der Waals surface area (Å²) in [5.41, 5.74) is 0. The first-order valence-corrected chi connectivity index (χ1v) is 7.81. The van der Waals surface area contributed by atoms with Gasteiger partial charge >= 0.3 is 0 Å². The minimum atomic E-state index is -0.139. The first kappa shape index (κ1) is 15.5. The molecule has 1 amide bonds. The number of aliphatic hydroxyl groups is 1. The molecular weight excluding hydrogens is 286 g/mol. The summed E-state index contributed by atoms with van der Waals surface area (Å²) in [6, 6.07) is 7.65. The van der Waals surface area contributed by atoms with E-state index < -0.39 is 0 Å². The molecule has 0 aliphatic rings. The van der Waals surface area contributed by atoms with E-state index in [-0.39, 0.29) is 12.5 Å². The highest BCUT2D eigenvalue weighted by Crippen LogP contribution is 2.26. The molecular formula is C16H19NO3S. The molecule has 2 aromatic heterocycles. The summed E-state index contributed by atoms with van der Waals surface area (Å²) in [5, 5.41) is 14.0. The Hall–Kier alpha value is -1.85. The summed E-state index contributed by atoms with van der Waals surface area (Å²) in [5.74, 6) is 0.812. The summed E-state index contributed by atoms with van der Waals surface area (Å²) < 4.78 is 5.11. The Labute approximate surface area is 128 Å². The summed E-state index contributed by atoms with van der Waals surface area (Å²) >= 11 is 1.69. The van der Waals surface area contributed by atoms with Gasteiger partial charge in [0.25, 0.3) is 0 Å². The van der Waals surface area contributed by atoms with Crippen LogP contribution in [0.3, 0.4) is 0 Å². The predicted molar refractivity (Wildman–Crippen MR) is 84.1 cm³/mol. The van der Waals surface area contributed by atoms with Crippen LogP contribution in [0.15, 0.2) is 46.4 Å². The molecule has 0 bridgehead atoms. The Morgan fingerprint density at radius 1 is 1.38 bits per heavy atom. The van der Waals surface area contributed by atoms with Crippen LogP contribution in [-0.4, -0.2) is 24.2 Å². The fourth-order valence-electron chi connectivity index (χ4n) is 2.08. The topological polar surface area (TPSA) is 62.5 Å². The van der Waals surface area contributed by atoms with Crippen molar-refractivity contribution in [2.45, 2.75) is 18.8 Å². The van der Waals surface area contributed by atoms with Gasteiger partial charge in [0.1, 0.15) is 5.76 Å². The van der Waals surface area contributed by atoms with Crippen molar-refractivity contribution >= 4 is 23.3 Å². The van der Waals surface area contributed by atoms with Gasteiger partial charge in [-0.15, -0.1) is 11.3 Å². The highest BCUT2D eigenvalue weighted by atomic mass is 32.1. The van der Waals surface area contributed by atoms with E-state index in [1.165, 1.54) is 11.0 Å². The fourth-order valence-corrected chi connectivity index (χ4v) is 2.98. The van der Waals surface area contributed by atoms with Crippen molar-refractivity contribution in [2.75, 3.05) is 13.2 Å². The van der Waals surface area contributed by atoms with E-state index in [1.807, 2.05) is 11.4 Å². The average molecular weight is 305 g/mol. The lowest BCUT2D eigenvalue weighted by Crippen LogP contribution is -2.23. The molecule has 5 heteroatoms. The molecule has 2 heterocycles. The maximum absolute atomic E-state index is 11.7. The smallest absolute Gasteiger partial charge is 0.244 e. The molecule has 0 saturated heterocycles. The number of hydrogen-bond donors (Lipinski definition) is 2. The van der Waals surface area contributed by atoms with Crippen molar-refractivity contribution in [1.82, 2.24) is 5.32 Å². The molecule has 0 aliphatic carbocycles. The maximum Gasteiger partial charge on any atom is 0.244 e. The Kier molecular flexibility index (Phi) is 6.24. The first-order chi connectivity index (χ1) is 10.3. The molecule has 0 radical (unpaired) electrons. The molecule has 4 nitrogen and oxygen atoms in total. The lowest BCUT2D eigenvalue weighted by Gasteiger charge is -2.14. The highest BCUT2D eigenvalue weighted by Gasteiger charge is 2.12. The monoisotopic (exact) mass is 305 g/mol. The Morgan fingerprint density at radius 2 is 2.29 bits per heavy atom. The van der Waals surface area contributed by atoms with Crippen molar-refractivity contribution in [3.8, 4) is 0 Å². The summed E-state index contributed by atoms with van der Waals surface area (Å²) in [4.78, 5) is 12.9. The Balaban J connectivity index is 1.75. The third kappa shape index (κ3) is 5.21. The van der Waals surface area contributed by atoms with E-state index in [1.54, 1.807) is 35.8 Å². The summed E-state index contributed by atoms with van der Waals surface area (Å²) in [6.07, 6.45) is 6.21. The van der Waals surface area contributed by atoms with Crippen molar-refractivity contribution < 1.29 is 14.3 Å². The van der Waals surface area contributed by atoms with Crippen molar-refractivity contribution in [3.63, 3.8) is 0 Å². The van der Waals surface area contributed by atoms with E-state index >= 15 is 0 Å². The predicted octanol–water partition coefficient (Wildman–Crippen LogP) is 3.03. The number of rotatable bonds is 8. The van der Waals surface area contributed by atoms with E-state index in [2.05, 4.69) is 11.4 Å². The number of aliphatic hydroxyl groups excluding tert-OH is 1. The molecule has 1 atom stereocenters. The molecule has 0 unspecified atom stereocenters. The molecule has 2 aromatic rings. The van der Waals surface area contributed by atoms with Gasteiger partial charge in [-0.3, -0.25) is 4.79 Å². The third-order valence-electron chi connectivity index (χ3n) is 3.16. The first-order valence-electron chi connectivity index (χ1n) is 6.93. The lowest BCUT2D eigenvalue weighted by molar-refractivity contribution is -0.116. The molecule has 2 rings (SSSR count). The van der Waals surface area contributed by atoms with Crippen molar-refractivity contribution in [1.29, 1.82) is 0 Å². The third-order valence-corrected chi connectivity index (χ3v) is 4.19. The Morgan fingerprint density at radius 3 is 2.95 bits per heavy atom. The molecule has 0 aromatic carbocycles. The van der Waals surface area contributed by atoms with E-state index in [0.717, 1.165) is 12.8 Å². The molecule has 0 fully saturated rings. The van der Waals surface area contributed by atoms with Gasteiger partial charge in [-0.1, -0.05) is 6.07 Å². The van der Waals surface area contributed by atoms with Crippen LogP contribution >= 0.6 is 11.3 Å². The van der Waals surface area contributed by atoms with Crippen LogP contribution in [0.2, 0.25) is 0 Å². The molecule has 0 saturated carbocycles. The minimum Gasteiger partial charge on any atom is -0.465 e. The number of hydrogen-bond acceptors (Lipinski definition) is 4. The van der Waals surface area contributed by atoms with Crippen LogP contribution in [0.1, 0.15) is 29.4 Å². The average Bonchev–Trinajstić information content (AvgIpc) is 3.17. The van der Waals surface area contributed by atoms with Crippen LogP contribution in [0.5, 0.6) is 0 Å². The van der Waals surface area contributed by atoms with Crippen molar-refractivity contribution in [3.05, 3.63) is 52.6 Å². The molecule has 0 spiro atoms. The van der Waals surface area contributed by atoms with Gasteiger partial charge in [0.15, 0.2) is 0 Å². The Bertz CT molecular complexity index is 546. The zero-order chi connectivity index (χ0) is 14.9. The van der Waals surface area contributed by atoms with Crippen LogP contribution in [-0.2, 0) is 4.79 Å². The largest absolute Gasteiger partial charge is 0.465 e. The number of furan rings is 1. The number of carbonyl (C=O) groups excluding carboxylic acids is 1. The standard InChI is InChI=1S/C16H19NO3S/c18-10-8-13(15-4-2-12-21-15)7-9-17-16(19)6-5-14-3-1-11-20-14/h1-6,11-13,18H,7-10H2,(H,17,19)/b6-5+/t13-/m0/s1. The van der Waals surface area contributed by atoms with Gasteiger partial charge in [-0.2, -0.15) is 0 Å². The molecule has 0 aliphatic heterocycles. The van der Waals surface area contributed by atoms with E-state index in [0.29, 0.717) is 18.2 Å². The fraction of sp³-hybridized carbons (Fsp3) is 0.312. The number of thiophene rings is 1. The number of nitrogens with one attached hydrogen (secondary N) is 1. The molecule has 2 N–H and O–H groups in total. The summed E-state index contributed by atoms with van der Waals surface area (Å²) in [6.45, 7) is 0.749. The van der Waals surface area contributed by atoms with E-state index in [4.69, 9.17) is 9.52 Å². The second kappa shape index (κ2) is 8.44. The molecule has 112 valence electrons. The summed E-state index contributed by atoms with van der Waals surface area (Å²) in [7, 11) is 0. The zero-order valence-electron chi connectivity index (χ0n) is 11.7. The highest BCUT2D eigenvalue weighted by molar-refractivity contribution is 7.10. The number of carbonyl (C=O) groups is 1. The quantitative estimate of drug-likeness (QED) is 0.737. The van der Waals surface area contributed by atoms with Crippen LogP contribution in [0, 0.1) is 0 Å². The van der Waals surface area contributed by atoms with Gasteiger partial charge in [-0.05, 0) is 48.4 Å². The van der Waals surface area contributed by atoms with Gasteiger partial charge in [0.2, 0.25) is 5.91 Å². The molecule has 21 heavy (non-hydrogen) atoms. The van der Waals surface area contributed by atoms with Gasteiger partial charge in [0.05, 0.1) is 6.26 Å². The van der Waals surface area contributed by atoms with Crippen LogP contribution < -0.4 is 5.32 Å². The maximum atomic E-state index is 11.7.